The average molecular weight is 257 g/mol. The van der Waals surface area contributed by atoms with Crippen molar-refractivity contribution >= 4 is 11.8 Å². The van der Waals surface area contributed by atoms with Gasteiger partial charge in [-0.25, -0.2) is 4.79 Å². The highest BCUT2D eigenvalue weighted by molar-refractivity contribution is 5.98. The molecule has 0 aliphatic rings. The van der Waals surface area contributed by atoms with E-state index in [0.717, 1.165) is 11.1 Å². The molecule has 0 fully saturated rings. The average Bonchev–Trinajstić information content (AvgIpc) is 2.92. The van der Waals surface area contributed by atoms with Crippen LogP contribution in [0.15, 0.2) is 36.5 Å². The molecule has 1 N–H and O–H groups in total. The lowest BCUT2D eigenvalue weighted by Crippen LogP contribution is -2.14. The Labute approximate surface area is 111 Å². The summed E-state index contributed by atoms with van der Waals surface area (Å²) < 4.78 is 5.00. The van der Waals surface area contributed by atoms with E-state index >= 15 is 0 Å². The van der Waals surface area contributed by atoms with E-state index in [1.807, 2.05) is 19.9 Å². The predicted octanol–water partition coefficient (Wildman–Crippen LogP) is 2.67. The van der Waals surface area contributed by atoms with Crippen LogP contribution in [0.3, 0.4) is 0 Å². The number of carbonyl (C=O) groups is 2. The number of nitrogens with one attached hydrogen (secondary N) is 1. The summed E-state index contributed by atoms with van der Waals surface area (Å²) in [6.07, 6.45) is 1.65. The van der Waals surface area contributed by atoms with Crippen LogP contribution in [0, 0.1) is 13.8 Å². The molecule has 0 aliphatic heterocycles. The molecule has 0 bridgehead atoms. The van der Waals surface area contributed by atoms with E-state index in [-0.39, 0.29) is 12.4 Å². The largest absolute Gasteiger partial charge is 0.454 e. The monoisotopic (exact) mass is 257 g/mol. The molecular formula is C15H15NO3. The number of aryl methyl sites for hydroxylation is 2. The number of rotatable bonds is 4. The fraction of sp³-hybridized carbons (Fsp3) is 0.200. The summed E-state index contributed by atoms with van der Waals surface area (Å²) in [4.78, 5) is 26.2. The van der Waals surface area contributed by atoms with Gasteiger partial charge in [0.25, 0.3) is 0 Å². The number of aromatic nitrogens is 1. The Hall–Kier alpha value is -2.36. The van der Waals surface area contributed by atoms with Crippen molar-refractivity contribution in [1.82, 2.24) is 4.98 Å². The quantitative estimate of drug-likeness (QED) is 0.676. The SMILES string of the molecule is Cc1ccc(C(=O)OCC(=O)c2ccc[nH]2)cc1C. The molecule has 0 spiro atoms. The zero-order chi connectivity index (χ0) is 13.8. The molecule has 98 valence electrons. The third-order valence-corrected chi connectivity index (χ3v) is 2.98. The van der Waals surface area contributed by atoms with Gasteiger partial charge in [-0.2, -0.15) is 0 Å². The van der Waals surface area contributed by atoms with Crippen molar-refractivity contribution in [3.05, 3.63) is 58.9 Å². The fourth-order valence-electron chi connectivity index (χ4n) is 1.66. The molecule has 4 heteroatoms. The molecule has 0 amide bonds. The number of esters is 1. The highest BCUT2D eigenvalue weighted by atomic mass is 16.5. The molecule has 0 saturated heterocycles. The molecule has 0 radical (unpaired) electrons. The first-order chi connectivity index (χ1) is 9.08. The summed E-state index contributed by atoms with van der Waals surface area (Å²) in [6, 6.07) is 8.68. The lowest BCUT2D eigenvalue weighted by Gasteiger charge is -2.05. The van der Waals surface area contributed by atoms with E-state index in [1.54, 1.807) is 30.5 Å². The first-order valence-electron chi connectivity index (χ1n) is 5.99. The number of Topliss-reactive ketones (excluding diaryl/α,β-unsaturated/α-hetero) is 1. The van der Waals surface area contributed by atoms with E-state index in [2.05, 4.69) is 4.98 Å². The van der Waals surface area contributed by atoms with Gasteiger partial charge in [-0.3, -0.25) is 4.79 Å². The normalized spacial score (nSPS) is 10.2. The summed E-state index contributed by atoms with van der Waals surface area (Å²) >= 11 is 0. The van der Waals surface area contributed by atoms with Crippen LogP contribution in [0.2, 0.25) is 0 Å². The Morgan fingerprint density at radius 2 is 1.95 bits per heavy atom. The molecule has 1 aromatic carbocycles. The standard InChI is InChI=1S/C15H15NO3/c1-10-5-6-12(8-11(10)2)15(18)19-9-14(17)13-4-3-7-16-13/h3-8,16H,9H2,1-2H3. The maximum absolute atomic E-state index is 11.8. The number of hydrogen-bond acceptors (Lipinski definition) is 3. The first kappa shape index (κ1) is 13.1. The maximum Gasteiger partial charge on any atom is 0.338 e. The summed E-state index contributed by atoms with van der Waals surface area (Å²) in [6.45, 7) is 3.64. The van der Waals surface area contributed by atoms with Crippen LogP contribution in [0.25, 0.3) is 0 Å². The molecule has 0 aliphatic carbocycles. The topological polar surface area (TPSA) is 59.2 Å². The third-order valence-electron chi connectivity index (χ3n) is 2.98. The van der Waals surface area contributed by atoms with E-state index in [0.29, 0.717) is 11.3 Å². The molecule has 2 aromatic rings. The second-order valence-electron chi connectivity index (χ2n) is 4.38. The summed E-state index contributed by atoms with van der Waals surface area (Å²) in [5.41, 5.74) is 3.03. The van der Waals surface area contributed by atoms with Crippen LogP contribution in [-0.2, 0) is 4.74 Å². The van der Waals surface area contributed by atoms with Crippen molar-refractivity contribution in [2.24, 2.45) is 0 Å². The number of ether oxygens (including phenoxy) is 1. The van der Waals surface area contributed by atoms with Crippen LogP contribution in [0.5, 0.6) is 0 Å². The second kappa shape index (κ2) is 5.52. The Morgan fingerprint density at radius 1 is 1.16 bits per heavy atom. The minimum atomic E-state index is -0.483. The summed E-state index contributed by atoms with van der Waals surface area (Å²) in [5.74, 6) is -0.731. The Morgan fingerprint density at radius 3 is 2.58 bits per heavy atom. The second-order valence-corrected chi connectivity index (χ2v) is 4.38. The van der Waals surface area contributed by atoms with Gasteiger partial charge in [0, 0.05) is 6.20 Å². The zero-order valence-electron chi connectivity index (χ0n) is 10.9. The molecule has 0 unspecified atom stereocenters. The summed E-state index contributed by atoms with van der Waals surface area (Å²) in [5, 5.41) is 0. The molecule has 1 aromatic heterocycles. The van der Waals surface area contributed by atoms with E-state index in [9.17, 15) is 9.59 Å². The van der Waals surface area contributed by atoms with Gasteiger partial charge in [-0.05, 0) is 49.2 Å². The van der Waals surface area contributed by atoms with Crippen molar-refractivity contribution in [3.63, 3.8) is 0 Å². The molecule has 0 atom stereocenters. The van der Waals surface area contributed by atoms with Gasteiger partial charge in [0.05, 0.1) is 11.3 Å². The minimum absolute atomic E-state index is 0.248. The van der Waals surface area contributed by atoms with Crippen LogP contribution in [0.1, 0.15) is 32.0 Å². The van der Waals surface area contributed by atoms with Crippen LogP contribution in [-0.4, -0.2) is 23.3 Å². The lowest BCUT2D eigenvalue weighted by atomic mass is 10.1. The molecule has 4 nitrogen and oxygen atoms in total. The van der Waals surface area contributed by atoms with Crippen molar-refractivity contribution in [2.75, 3.05) is 6.61 Å². The van der Waals surface area contributed by atoms with Gasteiger partial charge >= 0.3 is 5.97 Å². The van der Waals surface area contributed by atoms with Gasteiger partial charge in [-0.1, -0.05) is 6.07 Å². The maximum atomic E-state index is 11.8. The van der Waals surface area contributed by atoms with Gasteiger partial charge in [0.2, 0.25) is 5.78 Å². The Kier molecular flexibility index (Phi) is 3.80. The van der Waals surface area contributed by atoms with Crippen molar-refractivity contribution < 1.29 is 14.3 Å². The van der Waals surface area contributed by atoms with E-state index < -0.39 is 5.97 Å². The Bertz CT molecular complexity index is 600. The Balaban J connectivity index is 1.98. The fourth-order valence-corrected chi connectivity index (χ4v) is 1.66. The highest BCUT2D eigenvalue weighted by Crippen LogP contribution is 2.11. The van der Waals surface area contributed by atoms with Crippen molar-refractivity contribution in [2.45, 2.75) is 13.8 Å². The first-order valence-corrected chi connectivity index (χ1v) is 5.99. The summed E-state index contributed by atoms with van der Waals surface area (Å²) in [7, 11) is 0. The molecule has 0 saturated carbocycles. The predicted molar refractivity (Wildman–Crippen MR) is 71.3 cm³/mol. The lowest BCUT2D eigenvalue weighted by molar-refractivity contribution is 0.0473. The van der Waals surface area contributed by atoms with Crippen molar-refractivity contribution in [1.29, 1.82) is 0 Å². The van der Waals surface area contributed by atoms with E-state index in [4.69, 9.17) is 4.74 Å². The number of aromatic amines is 1. The van der Waals surface area contributed by atoms with Gasteiger partial charge in [-0.15, -0.1) is 0 Å². The van der Waals surface area contributed by atoms with Crippen LogP contribution >= 0.6 is 0 Å². The van der Waals surface area contributed by atoms with Crippen LogP contribution in [0.4, 0.5) is 0 Å². The third kappa shape index (κ3) is 3.10. The highest BCUT2D eigenvalue weighted by Gasteiger charge is 2.12. The van der Waals surface area contributed by atoms with Crippen LogP contribution < -0.4 is 0 Å². The van der Waals surface area contributed by atoms with Gasteiger partial charge < -0.3 is 9.72 Å². The number of carbonyl (C=O) groups excluding carboxylic acids is 2. The van der Waals surface area contributed by atoms with Gasteiger partial charge in [0.15, 0.2) is 6.61 Å². The molecule has 19 heavy (non-hydrogen) atoms. The molecule has 1 heterocycles. The molecular weight excluding hydrogens is 242 g/mol. The molecule has 2 rings (SSSR count). The number of H-pyrrole nitrogens is 1. The van der Waals surface area contributed by atoms with Crippen molar-refractivity contribution in [3.8, 4) is 0 Å². The van der Waals surface area contributed by atoms with E-state index in [1.165, 1.54) is 0 Å². The van der Waals surface area contributed by atoms with Gasteiger partial charge in [0.1, 0.15) is 0 Å². The number of ketones is 1. The number of benzene rings is 1. The zero-order valence-corrected chi connectivity index (χ0v) is 10.9. The number of hydrogen-bond donors (Lipinski definition) is 1. The smallest absolute Gasteiger partial charge is 0.338 e. The minimum Gasteiger partial charge on any atom is -0.454 e.